The lowest BCUT2D eigenvalue weighted by molar-refractivity contribution is -0.220. The molecule has 0 aliphatic heterocycles. The Bertz CT molecular complexity index is 1400. The second kappa shape index (κ2) is 42.4. The topological polar surface area (TPSA) is 210 Å². The lowest BCUT2D eigenvalue weighted by Crippen LogP contribution is -2.64. The molecule has 1 saturated carbocycles. The molecule has 0 amide bonds. The molecular formula is C53H93O13P. The molecule has 0 aromatic rings. The van der Waals surface area contributed by atoms with Crippen LogP contribution in [0.15, 0.2) is 60.8 Å². The monoisotopic (exact) mass is 969 g/mol. The van der Waals surface area contributed by atoms with E-state index in [1.165, 1.54) is 89.9 Å². The third kappa shape index (κ3) is 34.5. The SMILES string of the molecule is CC/C=C/C/C=C/C/C=C/C/C=C/C/C=C/CCCCCC(=O)OC[C@@H](COP(=O)(O)OC1C(O)C(O)C(O)[C@H](O)C1O)OC(=O)CCCCCCCCCCCCCCCCCCCCC. The summed E-state index contributed by atoms with van der Waals surface area (Å²) in [6.45, 7) is 3.19. The maximum Gasteiger partial charge on any atom is 0.472 e. The van der Waals surface area contributed by atoms with Gasteiger partial charge in [-0.3, -0.25) is 18.6 Å². The number of carbonyl (C=O) groups excluding carboxylic acids is 2. The first-order valence-corrected chi connectivity index (χ1v) is 27.6. The molecule has 1 aliphatic carbocycles. The average Bonchev–Trinajstić information content (AvgIpc) is 3.31. The molecule has 1 rings (SSSR count). The van der Waals surface area contributed by atoms with Crippen molar-refractivity contribution in [3.05, 3.63) is 60.8 Å². The minimum Gasteiger partial charge on any atom is -0.462 e. The zero-order chi connectivity index (χ0) is 49.2. The summed E-state index contributed by atoms with van der Waals surface area (Å²) in [7, 11) is -5.13. The highest BCUT2D eigenvalue weighted by Gasteiger charge is 2.51. The van der Waals surface area contributed by atoms with Crippen molar-refractivity contribution in [2.45, 2.75) is 249 Å². The molecule has 8 atom stereocenters. The number of allylic oxidation sites excluding steroid dienone is 10. The molecule has 0 bridgehead atoms. The Kier molecular flexibility index (Phi) is 39.6. The normalized spacial score (nSPS) is 21.6. The summed E-state index contributed by atoms with van der Waals surface area (Å²) in [5.74, 6) is -1.13. The van der Waals surface area contributed by atoms with Gasteiger partial charge in [0.25, 0.3) is 0 Å². The minimum absolute atomic E-state index is 0.0903. The largest absolute Gasteiger partial charge is 0.472 e. The van der Waals surface area contributed by atoms with E-state index in [0.29, 0.717) is 12.8 Å². The standard InChI is InChI=1S/C53H93O13P/c1-3-5-7-9-11-13-15-17-19-21-23-25-27-29-31-33-35-37-39-41-46(54)63-43-45(44-64-67(61,62)66-53-51(59)49(57)48(56)50(58)52(53)60)65-47(55)42-40-38-36-34-32-30-28-26-24-22-20-18-16-14-12-10-8-6-4-2/h5,7,11,13,17,19,23,25,29,31,45,48-53,56-60H,3-4,6,8-10,12,14-16,18,20-22,24,26-28,30,32-44H2,1-2H3,(H,61,62)/b7-5+,13-11+,19-17+,25-23+,31-29+/t45-,48?,49-,50?,51?,52?,53?/m0/s1. The number of carbonyl (C=O) groups is 2. The van der Waals surface area contributed by atoms with E-state index in [2.05, 4.69) is 74.6 Å². The molecule has 0 aromatic carbocycles. The molecule has 6 N–H and O–H groups in total. The Morgan fingerprint density at radius 2 is 0.851 bits per heavy atom. The van der Waals surface area contributed by atoms with Crippen molar-refractivity contribution >= 4 is 19.8 Å². The maximum atomic E-state index is 12.9. The van der Waals surface area contributed by atoms with Gasteiger partial charge in [0.2, 0.25) is 0 Å². The number of aliphatic hydroxyl groups is 5. The fourth-order valence-electron chi connectivity index (χ4n) is 7.73. The molecule has 388 valence electrons. The summed E-state index contributed by atoms with van der Waals surface area (Å²) in [4.78, 5) is 35.8. The van der Waals surface area contributed by atoms with Gasteiger partial charge in [-0.05, 0) is 57.8 Å². The van der Waals surface area contributed by atoms with Gasteiger partial charge in [0.15, 0.2) is 6.10 Å². The van der Waals surface area contributed by atoms with Gasteiger partial charge in [0, 0.05) is 12.8 Å². The van der Waals surface area contributed by atoms with Crippen LogP contribution in [0.5, 0.6) is 0 Å². The van der Waals surface area contributed by atoms with Crippen molar-refractivity contribution in [2.75, 3.05) is 13.2 Å². The van der Waals surface area contributed by atoms with E-state index in [1.807, 2.05) is 0 Å². The van der Waals surface area contributed by atoms with Gasteiger partial charge in [-0.25, -0.2) is 4.57 Å². The van der Waals surface area contributed by atoms with Crippen molar-refractivity contribution < 1.29 is 63.1 Å². The van der Waals surface area contributed by atoms with Crippen LogP contribution in [-0.4, -0.2) is 98.3 Å². The number of phosphoric acid groups is 1. The highest BCUT2D eigenvalue weighted by molar-refractivity contribution is 7.47. The predicted octanol–water partition coefficient (Wildman–Crippen LogP) is 11.3. The molecule has 0 aromatic heterocycles. The Morgan fingerprint density at radius 1 is 0.478 bits per heavy atom. The van der Waals surface area contributed by atoms with Gasteiger partial charge < -0.3 is 39.9 Å². The summed E-state index contributed by atoms with van der Waals surface area (Å²) in [6, 6.07) is 0. The molecule has 67 heavy (non-hydrogen) atoms. The average molecular weight is 969 g/mol. The number of unbranched alkanes of at least 4 members (excludes halogenated alkanes) is 21. The van der Waals surface area contributed by atoms with Crippen molar-refractivity contribution in [3.8, 4) is 0 Å². The van der Waals surface area contributed by atoms with Crippen LogP contribution in [-0.2, 0) is 32.7 Å². The van der Waals surface area contributed by atoms with E-state index in [9.17, 15) is 44.6 Å². The second-order valence-electron chi connectivity index (χ2n) is 18.0. The zero-order valence-corrected chi connectivity index (χ0v) is 42.3. The summed E-state index contributed by atoms with van der Waals surface area (Å²) in [5.41, 5.74) is 0. The predicted molar refractivity (Wildman–Crippen MR) is 267 cm³/mol. The van der Waals surface area contributed by atoms with Crippen LogP contribution in [0.4, 0.5) is 0 Å². The van der Waals surface area contributed by atoms with E-state index in [1.54, 1.807) is 0 Å². The Hall–Kier alpha value is -2.45. The van der Waals surface area contributed by atoms with Gasteiger partial charge in [-0.15, -0.1) is 0 Å². The number of hydrogen-bond donors (Lipinski definition) is 6. The number of esters is 2. The number of aliphatic hydroxyl groups excluding tert-OH is 5. The van der Waals surface area contributed by atoms with Crippen molar-refractivity contribution in [1.29, 1.82) is 0 Å². The summed E-state index contributed by atoms with van der Waals surface area (Å²) in [5, 5.41) is 50.3. The van der Waals surface area contributed by atoms with Crippen molar-refractivity contribution in [2.24, 2.45) is 0 Å². The third-order valence-electron chi connectivity index (χ3n) is 11.9. The van der Waals surface area contributed by atoms with Gasteiger partial charge >= 0.3 is 19.8 Å². The van der Waals surface area contributed by atoms with E-state index in [0.717, 1.165) is 77.0 Å². The van der Waals surface area contributed by atoms with Crippen LogP contribution in [0.2, 0.25) is 0 Å². The smallest absolute Gasteiger partial charge is 0.462 e. The molecule has 13 nitrogen and oxygen atoms in total. The molecule has 0 radical (unpaired) electrons. The second-order valence-corrected chi connectivity index (χ2v) is 19.4. The summed E-state index contributed by atoms with van der Waals surface area (Å²) < 4.78 is 33.6. The molecule has 0 heterocycles. The zero-order valence-electron chi connectivity index (χ0n) is 41.4. The molecule has 14 heteroatoms. The first-order valence-electron chi connectivity index (χ1n) is 26.1. The van der Waals surface area contributed by atoms with Crippen LogP contribution < -0.4 is 0 Å². The van der Waals surface area contributed by atoms with Gasteiger partial charge in [0.05, 0.1) is 6.61 Å². The van der Waals surface area contributed by atoms with Gasteiger partial charge in [-0.2, -0.15) is 0 Å². The van der Waals surface area contributed by atoms with Crippen molar-refractivity contribution in [1.82, 2.24) is 0 Å². The number of ether oxygens (including phenoxy) is 2. The fourth-order valence-corrected chi connectivity index (χ4v) is 8.70. The summed E-state index contributed by atoms with van der Waals surface area (Å²) >= 11 is 0. The Labute approximate surface area is 404 Å². The van der Waals surface area contributed by atoms with Crippen LogP contribution in [0, 0.1) is 0 Å². The fraction of sp³-hybridized carbons (Fsp3) is 0.774. The van der Waals surface area contributed by atoms with Gasteiger partial charge in [0.1, 0.15) is 43.2 Å². The number of hydrogen-bond acceptors (Lipinski definition) is 12. The lowest BCUT2D eigenvalue weighted by atomic mass is 9.85. The Morgan fingerprint density at radius 3 is 1.30 bits per heavy atom. The van der Waals surface area contributed by atoms with Crippen molar-refractivity contribution in [3.63, 3.8) is 0 Å². The highest BCUT2D eigenvalue weighted by atomic mass is 31.2. The van der Waals surface area contributed by atoms with Crippen LogP contribution >= 0.6 is 7.82 Å². The Balaban J connectivity index is 2.42. The van der Waals surface area contributed by atoms with Crippen LogP contribution in [0.3, 0.4) is 0 Å². The number of rotatable bonds is 43. The molecule has 0 saturated heterocycles. The molecular weight excluding hydrogens is 876 g/mol. The van der Waals surface area contributed by atoms with E-state index in [4.69, 9.17) is 18.5 Å². The van der Waals surface area contributed by atoms with Crippen LogP contribution in [0.25, 0.3) is 0 Å². The first-order chi connectivity index (χ1) is 32.4. The third-order valence-corrected chi connectivity index (χ3v) is 12.9. The van der Waals surface area contributed by atoms with E-state index >= 15 is 0 Å². The van der Waals surface area contributed by atoms with E-state index < -0.39 is 75.7 Å². The van der Waals surface area contributed by atoms with Crippen LogP contribution in [0.1, 0.15) is 206 Å². The lowest BCUT2D eigenvalue weighted by Gasteiger charge is -2.41. The molecule has 0 spiro atoms. The molecule has 6 unspecified atom stereocenters. The number of phosphoric ester groups is 1. The highest BCUT2D eigenvalue weighted by Crippen LogP contribution is 2.47. The maximum absolute atomic E-state index is 12.9. The first kappa shape index (κ1) is 62.6. The molecule has 1 aliphatic rings. The molecule has 1 fully saturated rings. The summed E-state index contributed by atoms with van der Waals surface area (Å²) in [6.07, 6.45) is 39.8. The van der Waals surface area contributed by atoms with E-state index in [-0.39, 0.29) is 12.8 Å². The van der Waals surface area contributed by atoms with Gasteiger partial charge in [-0.1, -0.05) is 197 Å². The quantitative estimate of drug-likeness (QED) is 0.0146. The minimum atomic E-state index is -5.13.